The van der Waals surface area contributed by atoms with Gasteiger partial charge in [0, 0.05) is 31.3 Å². The van der Waals surface area contributed by atoms with E-state index in [0.717, 1.165) is 16.0 Å². The van der Waals surface area contributed by atoms with Gasteiger partial charge in [0.1, 0.15) is 36.5 Å². The lowest BCUT2D eigenvalue weighted by Crippen LogP contribution is -2.57. The molecule has 5 amide bonds. The normalized spacial score (nSPS) is 22.1. The first kappa shape index (κ1) is 48.1. The zero-order valence-corrected chi connectivity index (χ0v) is 39.4. The first-order valence-electron chi connectivity index (χ1n) is 23.2. The minimum absolute atomic E-state index is 0.0212. The fourth-order valence-electron chi connectivity index (χ4n) is 10.7. The van der Waals surface area contributed by atoms with Crippen molar-refractivity contribution < 1.29 is 57.5 Å². The van der Waals surface area contributed by atoms with E-state index in [1.807, 2.05) is 77.7 Å². The monoisotopic (exact) mass is 963 g/mol. The average molecular weight is 964 g/mol. The predicted octanol–water partition coefficient (Wildman–Crippen LogP) is 5.13. The zero-order valence-electron chi connectivity index (χ0n) is 39.4. The molecule has 0 aliphatic carbocycles. The smallest absolute Gasteiger partial charge is 0.421 e. The van der Waals surface area contributed by atoms with Crippen molar-refractivity contribution in [3.63, 3.8) is 0 Å². The number of ether oxygens (including phenoxy) is 6. The van der Waals surface area contributed by atoms with E-state index in [1.54, 1.807) is 54.5 Å². The van der Waals surface area contributed by atoms with Crippen molar-refractivity contribution in [2.45, 2.75) is 42.6 Å². The summed E-state index contributed by atoms with van der Waals surface area (Å²) in [5, 5.41) is 12.6. The second kappa shape index (κ2) is 20.6. The molecule has 0 unspecified atom stereocenters. The summed E-state index contributed by atoms with van der Waals surface area (Å²) < 4.78 is 35.2. The maximum atomic E-state index is 16.6. The molecule has 4 N–H and O–H groups in total. The first-order chi connectivity index (χ1) is 34.6. The Labute approximate surface area is 410 Å². The predicted molar refractivity (Wildman–Crippen MR) is 257 cm³/mol. The number of methoxy groups -OCH3 is 3. The number of carbonyl (C=O) groups excluding carboxylic acids is 5. The number of amides is 5. The van der Waals surface area contributed by atoms with E-state index in [4.69, 9.17) is 34.2 Å². The quantitative estimate of drug-likeness (QED) is 0.0796. The molecular formula is C54H53N5O12. The minimum atomic E-state index is -2.16. The number of hydrogen-bond donors (Lipinski definition) is 3. The molecule has 0 radical (unpaired) electrons. The third-order valence-corrected chi connectivity index (χ3v) is 13.6. The average Bonchev–Trinajstić information content (AvgIpc) is 3.85. The third kappa shape index (κ3) is 8.64. The van der Waals surface area contributed by atoms with E-state index in [0.29, 0.717) is 40.2 Å². The van der Waals surface area contributed by atoms with Gasteiger partial charge in [0.25, 0.3) is 0 Å². The lowest BCUT2D eigenvalue weighted by molar-refractivity contribution is -0.179. The number of nitrogens with one attached hydrogen (secondary N) is 1. The zero-order chi connectivity index (χ0) is 49.8. The van der Waals surface area contributed by atoms with Crippen molar-refractivity contribution in [1.29, 1.82) is 0 Å². The van der Waals surface area contributed by atoms with Crippen LogP contribution in [0.1, 0.15) is 57.1 Å². The van der Waals surface area contributed by atoms with Crippen molar-refractivity contribution >= 4 is 35.6 Å². The number of anilines is 1. The van der Waals surface area contributed by atoms with Gasteiger partial charge in [0.15, 0.2) is 11.5 Å². The molecule has 71 heavy (non-hydrogen) atoms. The number of hydrogen-bond acceptors (Lipinski definition) is 13. The number of cyclic esters (lactones) is 1. The molecule has 4 heterocycles. The van der Waals surface area contributed by atoms with Gasteiger partial charge >= 0.3 is 18.1 Å². The molecule has 2 fully saturated rings. The van der Waals surface area contributed by atoms with E-state index in [9.17, 15) is 14.7 Å². The van der Waals surface area contributed by atoms with Crippen LogP contribution in [0.2, 0.25) is 0 Å². The van der Waals surface area contributed by atoms with E-state index in [1.165, 1.54) is 14.2 Å². The highest BCUT2D eigenvalue weighted by atomic mass is 16.6. The number of nitrogens with zero attached hydrogens (tertiary/aromatic N) is 3. The molecule has 2 saturated heterocycles. The number of urea groups is 1. The fraction of sp³-hybridized carbons (Fsp3) is 0.315. The van der Waals surface area contributed by atoms with Crippen molar-refractivity contribution in [2.75, 3.05) is 65.7 Å². The Morgan fingerprint density at radius 2 is 1.51 bits per heavy atom. The number of imide groups is 1. The van der Waals surface area contributed by atoms with Gasteiger partial charge in [0.05, 0.1) is 57.7 Å². The number of rotatable bonds is 13. The van der Waals surface area contributed by atoms with Crippen LogP contribution >= 0.6 is 0 Å². The Morgan fingerprint density at radius 3 is 2.20 bits per heavy atom. The lowest BCUT2D eigenvalue weighted by Gasteiger charge is -2.46. The van der Waals surface area contributed by atoms with E-state index in [2.05, 4.69) is 17.2 Å². The summed E-state index contributed by atoms with van der Waals surface area (Å²) in [5.41, 5.74) is 7.28. The minimum Gasteiger partial charge on any atom is -0.493 e. The first-order valence-corrected chi connectivity index (χ1v) is 23.2. The van der Waals surface area contributed by atoms with Crippen LogP contribution in [-0.2, 0) is 47.0 Å². The molecule has 1 spiro atoms. The second-order valence-electron chi connectivity index (χ2n) is 17.4. The summed E-state index contributed by atoms with van der Waals surface area (Å²) in [7, 11) is 4.52. The number of benzene rings is 5. The van der Waals surface area contributed by atoms with Crippen LogP contribution in [0.25, 0.3) is 0 Å². The largest absolute Gasteiger partial charge is 0.493 e. The van der Waals surface area contributed by atoms with Crippen molar-refractivity contribution in [1.82, 2.24) is 15.1 Å². The molecule has 0 saturated carbocycles. The number of para-hydroxylation sites is 1. The number of aliphatic hydroxyl groups excluding tert-OH is 1. The maximum absolute atomic E-state index is 16.6. The number of primary amides is 1. The number of carbonyl (C=O) groups is 5. The third-order valence-electron chi connectivity index (χ3n) is 13.6. The summed E-state index contributed by atoms with van der Waals surface area (Å²) >= 11 is 0. The number of morpholine rings is 1. The van der Waals surface area contributed by atoms with Crippen LogP contribution in [0.15, 0.2) is 115 Å². The van der Waals surface area contributed by atoms with Crippen molar-refractivity contribution in [3.8, 4) is 29.1 Å². The number of esters is 1. The molecule has 6 atom stereocenters. The highest BCUT2D eigenvalue weighted by Gasteiger charge is 2.76. The Balaban J connectivity index is 1.36. The molecular weight excluding hydrogens is 911 g/mol. The van der Waals surface area contributed by atoms with E-state index >= 15 is 14.4 Å². The van der Waals surface area contributed by atoms with Gasteiger partial charge in [-0.1, -0.05) is 90.7 Å². The summed E-state index contributed by atoms with van der Waals surface area (Å²) in [6.07, 6.45) is -1.62. The highest BCUT2D eigenvalue weighted by molar-refractivity contribution is 6.23. The molecule has 17 nitrogen and oxygen atoms in total. The van der Waals surface area contributed by atoms with Crippen LogP contribution in [0.3, 0.4) is 0 Å². The van der Waals surface area contributed by atoms with Gasteiger partial charge in [-0.25, -0.2) is 14.5 Å². The Morgan fingerprint density at radius 1 is 0.817 bits per heavy atom. The molecule has 5 aromatic rings. The van der Waals surface area contributed by atoms with Gasteiger partial charge in [-0.2, -0.15) is 0 Å². The molecule has 4 aliphatic heterocycles. The molecule has 9 rings (SSSR count). The second-order valence-corrected chi connectivity index (χ2v) is 17.4. The molecule has 17 heteroatoms. The molecule has 0 bridgehead atoms. The Hall–Kier alpha value is -7.91. The van der Waals surface area contributed by atoms with Gasteiger partial charge in [-0.15, -0.1) is 0 Å². The summed E-state index contributed by atoms with van der Waals surface area (Å²) in [6, 6.07) is 29.8. The van der Waals surface area contributed by atoms with E-state index < -0.39 is 65.5 Å². The Bertz CT molecular complexity index is 2910. The van der Waals surface area contributed by atoms with E-state index in [-0.39, 0.29) is 63.1 Å². The fourth-order valence-corrected chi connectivity index (χ4v) is 10.7. The van der Waals surface area contributed by atoms with Crippen LogP contribution in [0, 0.1) is 17.8 Å². The summed E-state index contributed by atoms with van der Waals surface area (Å²) in [4.78, 5) is 79.5. The van der Waals surface area contributed by atoms with Crippen LogP contribution < -0.4 is 30.2 Å². The SMILES string of the molecule is COCCOC(=O)N1C(=O)[C@@]2(c3cc(C#CCNC(N)=O)ccc31)[C@H](c1ccccc1OCCO)N1[C@H](c3ccccc3)[C@H](c3ccccc3)OC(=O)[C@H]1[C@@H]2C(=O)N1CCc2cc(OC)c(OC)cc2C1. The molecule has 0 aromatic heterocycles. The number of aliphatic hydroxyl groups is 1. The molecule has 4 aliphatic rings. The van der Waals surface area contributed by atoms with Gasteiger partial charge in [-0.05, 0) is 70.6 Å². The van der Waals surface area contributed by atoms with Crippen molar-refractivity contribution in [3.05, 3.63) is 154 Å². The molecule has 5 aromatic carbocycles. The van der Waals surface area contributed by atoms with Crippen molar-refractivity contribution in [2.24, 2.45) is 11.7 Å². The summed E-state index contributed by atoms with van der Waals surface area (Å²) in [6.45, 7) is -0.528. The van der Waals surface area contributed by atoms with Gasteiger partial charge in [-0.3, -0.25) is 19.3 Å². The van der Waals surface area contributed by atoms with Gasteiger partial charge < -0.3 is 49.5 Å². The standard InChI is InChI=1S/C54H53N5O12/c1-66-27-28-70-53(65)58-40-21-20-33(13-12-23-56-52(55)64)29-39(40)54(51(58)63)44(49(61)57-24-22-36-30-42(67-2)43(68-3)31-37(36)32-57)46-50(62)71-47(35-16-8-5-9-17-35)45(34-14-6-4-7-15-34)59(46)48(54)38-18-10-11-19-41(38)69-26-25-60/h4-11,14-21,29-31,44-48,60H,22-28,32H2,1-3H3,(H3,55,56,64)/t44-,45-,46-,47+,48+,54-/m1/s1. The lowest BCUT2D eigenvalue weighted by atomic mass is 9.64. The topological polar surface area (TPSA) is 209 Å². The highest BCUT2D eigenvalue weighted by Crippen LogP contribution is 2.67. The van der Waals surface area contributed by atoms with Crippen LogP contribution in [0.4, 0.5) is 15.3 Å². The number of nitrogens with two attached hydrogens (primary N) is 1. The van der Waals surface area contributed by atoms with Crippen LogP contribution in [0.5, 0.6) is 17.2 Å². The number of fused-ring (bicyclic) bond motifs is 4. The Kier molecular flexibility index (Phi) is 14.0. The molecule has 366 valence electrons. The maximum Gasteiger partial charge on any atom is 0.421 e. The summed E-state index contributed by atoms with van der Waals surface area (Å²) in [5.74, 6) is 3.41. The van der Waals surface area contributed by atoms with Gasteiger partial charge in [0.2, 0.25) is 11.8 Å². The van der Waals surface area contributed by atoms with Crippen LogP contribution in [-0.4, -0.2) is 112 Å².